The highest BCUT2D eigenvalue weighted by atomic mass is 16.8. The summed E-state index contributed by atoms with van der Waals surface area (Å²) in [6, 6.07) is 0. The van der Waals surface area contributed by atoms with E-state index in [0.717, 1.165) is 0 Å². The van der Waals surface area contributed by atoms with Crippen LogP contribution in [-0.4, -0.2) is 85.5 Å². The van der Waals surface area contributed by atoms with Crippen molar-refractivity contribution in [3.05, 3.63) is 0 Å². The number of carbonyl (C=O) groups is 4. The normalized spacial score (nSPS) is 23.7. The number of amides is 2. The molecule has 10 heteroatoms. The second kappa shape index (κ2) is 9.74. The quantitative estimate of drug-likeness (QED) is 0.455. The van der Waals surface area contributed by atoms with E-state index in [2.05, 4.69) is 0 Å². The Morgan fingerprint density at radius 1 is 0.667 bits per heavy atom. The van der Waals surface area contributed by atoms with E-state index in [4.69, 9.17) is 18.9 Å². The van der Waals surface area contributed by atoms with Crippen molar-refractivity contribution in [2.24, 2.45) is 21.7 Å². The van der Waals surface area contributed by atoms with E-state index in [1.807, 2.05) is 65.2 Å². The summed E-state index contributed by atoms with van der Waals surface area (Å²) in [7, 11) is 0. The second-order valence-corrected chi connectivity index (χ2v) is 13.0. The molecule has 2 amide bonds. The molecular formula is C26H42N2O8. The molecule has 0 saturated carbocycles. The van der Waals surface area contributed by atoms with Gasteiger partial charge in [-0.3, -0.25) is 9.59 Å². The number of carbonyl (C=O) groups excluding carboxylic acids is 4. The fourth-order valence-electron chi connectivity index (χ4n) is 6.05. The van der Waals surface area contributed by atoms with Gasteiger partial charge in [-0.25, -0.2) is 9.59 Å². The van der Waals surface area contributed by atoms with Crippen LogP contribution < -0.4 is 0 Å². The highest BCUT2D eigenvalue weighted by Gasteiger charge is 2.47. The first-order chi connectivity index (χ1) is 16.4. The van der Waals surface area contributed by atoms with Gasteiger partial charge in [-0.1, -0.05) is 55.4 Å². The Hall–Kier alpha value is -2.52. The lowest BCUT2D eigenvalue weighted by Gasteiger charge is -2.44. The summed E-state index contributed by atoms with van der Waals surface area (Å²) in [6.07, 6.45) is -1.06. The molecule has 3 saturated heterocycles. The lowest BCUT2D eigenvalue weighted by Crippen LogP contribution is -2.56. The molecule has 10 nitrogen and oxygen atoms in total. The van der Waals surface area contributed by atoms with Gasteiger partial charge in [-0.05, 0) is 12.8 Å². The maximum atomic E-state index is 13.4. The maximum Gasteiger partial charge on any atom is 0.508 e. The van der Waals surface area contributed by atoms with E-state index < -0.39 is 46.2 Å². The van der Waals surface area contributed by atoms with Gasteiger partial charge in [0.25, 0.3) is 0 Å². The van der Waals surface area contributed by atoms with Crippen molar-refractivity contribution < 1.29 is 38.1 Å². The molecule has 3 rings (SSSR count). The minimum absolute atomic E-state index is 0.0244. The Kier molecular flexibility index (Phi) is 7.59. The van der Waals surface area contributed by atoms with E-state index in [-0.39, 0.29) is 25.0 Å². The largest absolute Gasteiger partial charge is 0.508 e. The second-order valence-electron chi connectivity index (χ2n) is 13.0. The van der Waals surface area contributed by atoms with Gasteiger partial charge in [0.2, 0.25) is 11.8 Å². The molecule has 0 bridgehead atoms. The fraction of sp³-hybridized carbons (Fsp3) is 0.846. The minimum atomic E-state index is -0.672. The maximum absolute atomic E-state index is 13.4. The Labute approximate surface area is 213 Å². The van der Waals surface area contributed by atoms with Gasteiger partial charge in [0.15, 0.2) is 0 Å². The molecule has 3 heterocycles. The summed E-state index contributed by atoms with van der Waals surface area (Å²) < 4.78 is 20.5. The number of piperazine rings is 1. The average Bonchev–Trinajstić information content (AvgIpc) is 3.40. The topological polar surface area (TPSA) is 112 Å². The molecule has 3 fully saturated rings. The Morgan fingerprint density at radius 3 is 1.22 bits per heavy atom. The fourth-order valence-corrected chi connectivity index (χ4v) is 6.05. The van der Waals surface area contributed by atoms with Crippen molar-refractivity contribution >= 4 is 24.1 Å². The van der Waals surface area contributed by atoms with Gasteiger partial charge >= 0.3 is 12.3 Å². The van der Waals surface area contributed by atoms with E-state index in [9.17, 15) is 19.2 Å². The predicted octanol–water partition coefficient (Wildman–Crippen LogP) is 3.61. The molecule has 0 aromatic heterocycles. The molecule has 0 spiro atoms. The highest BCUT2D eigenvalue weighted by Crippen LogP contribution is 2.42. The molecule has 0 aliphatic carbocycles. The number of nitrogens with zero attached hydrogens (tertiary/aromatic N) is 2. The van der Waals surface area contributed by atoms with Crippen molar-refractivity contribution in [2.45, 2.75) is 80.4 Å². The number of ether oxygens (including phenoxy) is 4. The number of rotatable bonds is 8. The first-order valence-corrected chi connectivity index (χ1v) is 12.7. The van der Waals surface area contributed by atoms with Gasteiger partial charge in [-0.15, -0.1) is 0 Å². The Balaban J connectivity index is 1.56. The van der Waals surface area contributed by atoms with Gasteiger partial charge in [0.1, 0.15) is 25.4 Å². The number of hydrogen-bond acceptors (Lipinski definition) is 8. The third-order valence-electron chi connectivity index (χ3n) is 7.73. The van der Waals surface area contributed by atoms with Gasteiger partial charge < -0.3 is 28.7 Å². The van der Waals surface area contributed by atoms with E-state index in [1.165, 1.54) is 0 Å². The summed E-state index contributed by atoms with van der Waals surface area (Å²) in [6.45, 7) is 17.8. The zero-order valence-corrected chi connectivity index (χ0v) is 23.0. The molecule has 204 valence electrons. The molecule has 0 radical (unpaired) electrons. The smallest absolute Gasteiger partial charge is 0.430 e. The predicted molar refractivity (Wildman–Crippen MR) is 130 cm³/mol. The van der Waals surface area contributed by atoms with E-state index in [0.29, 0.717) is 39.0 Å². The summed E-state index contributed by atoms with van der Waals surface area (Å²) >= 11 is 0. The van der Waals surface area contributed by atoms with Crippen LogP contribution in [0.15, 0.2) is 0 Å². The number of cyclic esters (lactones) is 4. The Morgan fingerprint density at radius 2 is 0.972 bits per heavy atom. The summed E-state index contributed by atoms with van der Waals surface area (Å²) in [4.78, 5) is 53.3. The van der Waals surface area contributed by atoms with Crippen molar-refractivity contribution in [2.75, 3.05) is 39.4 Å². The lowest BCUT2D eigenvalue weighted by atomic mass is 9.71. The first-order valence-electron chi connectivity index (χ1n) is 12.7. The number of hydrogen-bond donors (Lipinski definition) is 0. The standard InChI is InChI=1S/C26H42N2O8/c1-23(2,17-13-33-21(31)35-17)15-25(5,6)19(29)27-9-11-28(12-10-27)20(30)26(7,8)16-24(3,4)18-14-34-22(32)36-18/h17-18H,9-16H2,1-8H3. The van der Waals surface area contributed by atoms with Crippen LogP contribution in [-0.2, 0) is 28.5 Å². The van der Waals surface area contributed by atoms with Crippen LogP contribution >= 0.6 is 0 Å². The lowest BCUT2D eigenvalue weighted by molar-refractivity contribution is -0.151. The molecular weight excluding hydrogens is 468 g/mol. The van der Waals surface area contributed by atoms with Crippen LogP contribution in [0.3, 0.4) is 0 Å². The van der Waals surface area contributed by atoms with Crippen LogP contribution in [0.25, 0.3) is 0 Å². The minimum Gasteiger partial charge on any atom is -0.430 e. The van der Waals surface area contributed by atoms with Crippen LogP contribution in [0.4, 0.5) is 9.59 Å². The van der Waals surface area contributed by atoms with Crippen LogP contribution in [0.2, 0.25) is 0 Å². The third kappa shape index (κ3) is 6.06. The zero-order valence-electron chi connectivity index (χ0n) is 23.0. The third-order valence-corrected chi connectivity index (χ3v) is 7.73. The van der Waals surface area contributed by atoms with Gasteiger partial charge in [0.05, 0.1) is 0 Å². The van der Waals surface area contributed by atoms with Gasteiger partial charge in [-0.2, -0.15) is 0 Å². The molecule has 3 aliphatic heterocycles. The summed E-state index contributed by atoms with van der Waals surface area (Å²) in [5.41, 5.74) is -2.21. The zero-order chi connectivity index (χ0) is 27.1. The van der Waals surface area contributed by atoms with Crippen molar-refractivity contribution in [3.63, 3.8) is 0 Å². The monoisotopic (exact) mass is 510 g/mol. The molecule has 0 aromatic rings. The van der Waals surface area contributed by atoms with Crippen molar-refractivity contribution in [1.29, 1.82) is 0 Å². The molecule has 0 aromatic carbocycles. The van der Waals surface area contributed by atoms with Crippen LogP contribution in [0, 0.1) is 21.7 Å². The van der Waals surface area contributed by atoms with Crippen LogP contribution in [0.5, 0.6) is 0 Å². The van der Waals surface area contributed by atoms with Crippen molar-refractivity contribution in [1.82, 2.24) is 9.80 Å². The highest BCUT2D eigenvalue weighted by molar-refractivity contribution is 5.84. The average molecular weight is 511 g/mol. The van der Waals surface area contributed by atoms with E-state index >= 15 is 0 Å². The first kappa shape index (κ1) is 28.1. The molecule has 0 N–H and O–H groups in total. The van der Waals surface area contributed by atoms with E-state index in [1.54, 1.807) is 0 Å². The van der Waals surface area contributed by atoms with Crippen LogP contribution in [0.1, 0.15) is 68.2 Å². The molecule has 2 unspecified atom stereocenters. The Bertz CT molecular complexity index is 814. The summed E-state index contributed by atoms with van der Waals surface area (Å²) in [5.74, 6) is 0.0488. The van der Waals surface area contributed by atoms with Gasteiger partial charge in [0, 0.05) is 47.8 Å². The molecule has 36 heavy (non-hydrogen) atoms. The molecule has 2 atom stereocenters. The van der Waals surface area contributed by atoms with Crippen molar-refractivity contribution in [3.8, 4) is 0 Å². The summed E-state index contributed by atoms with van der Waals surface area (Å²) in [5, 5.41) is 0. The SMILES string of the molecule is CC(C)(CC(C)(C)C1COC(=O)O1)C(=O)N1CCN(C(=O)C(C)(C)CC(C)(C)C2COC(=O)O2)CC1. The molecule has 3 aliphatic rings.